The predicted molar refractivity (Wildman–Crippen MR) is 86.1 cm³/mol. The number of primary amides is 1. The largest absolute Gasteiger partial charge is 0.364 e. The molecule has 0 saturated carbocycles. The van der Waals surface area contributed by atoms with E-state index in [1.54, 1.807) is 24.4 Å². The van der Waals surface area contributed by atoms with Crippen LogP contribution in [0.15, 0.2) is 42.6 Å². The first-order valence-electron chi connectivity index (χ1n) is 6.75. The van der Waals surface area contributed by atoms with Gasteiger partial charge in [0.1, 0.15) is 11.5 Å². The van der Waals surface area contributed by atoms with Gasteiger partial charge in [-0.2, -0.15) is 0 Å². The highest BCUT2D eigenvalue weighted by Crippen LogP contribution is 2.20. The average molecular weight is 284 g/mol. The summed E-state index contributed by atoms with van der Waals surface area (Å²) in [6, 6.07) is 10.8. The van der Waals surface area contributed by atoms with Crippen LogP contribution in [-0.4, -0.2) is 16.6 Å². The molecule has 1 amide bonds. The Morgan fingerprint density at radius 1 is 1.24 bits per heavy atom. The lowest BCUT2D eigenvalue weighted by Crippen LogP contribution is -2.23. The van der Waals surface area contributed by atoms with Crippen LogP contribution in [0.2, 0.25) is 0 Å². The van der Waals surface area contributed by atoms with Crippen molar-refractivity contribution in [2.24, 2.45) is 5.73 Å². The number of hydrogen-bond acceptors (Lipinski definition) is 4. The van der Waals surface area contributed by atoms with Crippen LogP contribution >= 0.6 is 0 Å². The molecule has 0 radical (unpaired) electrons. The Morgan fingerprint density at radius 2 is 1.90 bits per heavy atom. The molecular weight excluding hydrogens is 264 g/mol. The van der Waals surface area contributed by atoms with Gasteiger partial charge in [0, 0.05) is 17.4 Å². The Labute approximate surface area is 124 Å². The first kappa shape index (κ1) is 16.4. The molecule has 0 fully saturated rings. The molecule has 2 rings (SSSR count). The quantitative estimate of drug-likeness (QED) is 0.753. The summed E-state index contributed by atoms with van der Waals surface area (Å²) in [6.45, 7) is 5.96. The van der Waals surface area contributed by atoms with E-state index in [9.17, 15) is 4.79 Å². The molecule has 0 atom stereocenters. The second kappa shape index (κ2) is 7.79. The number of hydrogen-bond donors (Lipinski definition) is 3. The predicted octanol–water partition coefficient (Wildman–Crippen LogP) is 3.01. The van der Waals surface area contributed by atoms with E-state index in [2.05, 4.69) is 10.3 Å². The second-order valence-corrected chi connectivity index (χ2v) is 4.13. The molecule has 21 heavy (non-hydrogen) atoms. The Kier molecular flexibility index (Phi) is 6.07. The van der Waals surface area contributed by atoms with Gasteiger partial charge in [-0.1, -0.05) is 32.0 Å². The average Bonchev–Trinajstić information content (AvgIpc) is 2.49. The number of anilines is 2. The van der Waals surface area contributed by atoms with Crippen molar-refractivity contribution in [1.82, 2.24) is 4.98 Å². The number of aryl methyl sites for hydroxylation is 1. The number of carbonyl (C=O) groups is 1. The molecule has 0 bridgehead atoms. The first-order chi connectivity index (χ1) is 10.1. The van der Waals surface area contributed by atoms with Crippen LogP contribution in [-0.2, 0) is 4.79 Å². The van der Waals surface area contributed by atoms with Gasteiger partial charge in [0.25, 0.3) is 5.91 Å². The maximum atomic E-state index is 11.1. The summed E-state index contributed by atoms with van der Waals surface area (Å²) in [7, 11) is 0. The number of nitrogens with zero attached hydrogens (tertiary/aromatic N) is 1. The van der Waals surface area contributed by atoms with E-state index >= 15 is 0 Å². The second-order valence-electron chi connectivity index (χ2n) is 4.13. The normalized spacial score (nSPS) is 9.29. The third-order valence-electron chi connectivity index (χ3n) is 2.62. The van der Waals surface area contributed by atoms with Crippen molar-refractivity contribution in [3.8, 4) is 0 Å². The van der Waals surface area contributed by atoms with Gasteiger partial charge in [0.2, 0.25) is 0 Å². The van der Waals surface area contributed by atoms with Crippen molar-refractivity contribution in [2.45, 2.75) is 20.8 Å². The molecule has 0 aliphatic heterocycles. The van der Waals surface area contributed by atoms with Crippen molar-refractivity contribution in [3.05, 3.63) is 53.7 Å². The van der Waals surface area contributed by atoms with Gasteiger partial charge in [0.05, 0.1) is 0 Å². The van der Waals surface area contributed by atoms with E-state index in [0.717, 1.165) is 5.56 Å². The topological polar surface area (TPSA) is 91.9 Å². The first-order valence-corrected chi connectivity index (χ1v) is 6.75. The number of pyridine rings is 1. The van der Waals surface area contributed by atoms with E-state index in [1.165, 1.54) is 0 Å². The number of para-hydroxylation sites is 1. The number of carbonyl (C=O) groups excluding carboxylic acids is 1. The maximum Gasteiger partial charge on any atom is 0.267 e. The Balaban J connectivity index is 0.00000106. The minimum Gasteiger partial charge on any atom is -0.364 e. The fourth-order valence-electron chi connectivity index (χ4n) is 1.69. The van der Waals surface area contributed by atoms with Crippen LogP contribution in [0, 0.1) is 12.3 Å². The molecule has 0 saturated heterocycles. The van der Waals surface area contributed by atoms with Crippen LogP contribution in [0.1, 0.15) is 25.0 Å². The fraction of sp³-hybridized carbons (Fsp3) is 0.188. The molecule has 5 nitrogen and oxygen atoms in total. The number of amides is 1. The standard InChI is InChI=1S/C14H14N4O.C2H6/c1-9-6-7-17-12(8-9)18-11-5-3-2-4-10(11)13(15)14(16)19;1-2/h2-8,15H,1H3,(H2,16,19)(H,17,18);1-2H3. The zero-order chi connectivity index (χ0) is 15.8. The third kappa shape index (κ3) is 4.42. The molecule has 5 heteroatoms. The van der Waals surface area contributed by atoms with Crippen LogP contribution in [0.25, 0.3) is 0 Å². The minimum atomic E-state index is -0.758. The molecule has 2 aromatic rings. The van der Waals surface area contributed by atoms with E-state index < -0.39 is 5.91 Å². The van der Waals surface area contributed by atoms with Gasteiger partial charge in [-0.25, -0.2) is 4.98 Å². The van der Waals surface area contributed by atoms with E-state index in [-0.39, 0.29) is 5.71 Å². The summed E-state index contributed by atoms with van der Waals surface area (Å²) in [6.07, 6.45) is 1.69. The van der Waals surface area contributed by atoms with Crippen molar-refractivity contribution < 1.29 is 4.79 Å². The molecule has 0 aliphatic rings. The number of aromatic nitrogens is 1. The Morgan fingerprint density at radius 3 is 2.52 bits per heavy atom. The van der Waals surface area contributed by atoms with Gasteiger partial charge >= 0.3 is 0 Å². The number of benzene rings is 1. The van der Waals surface area contributed by atoms with Crippen LogP contribution < -0.4 is 11.1 Å². The molecular formula is C16H20N4O. The summed E-state index contributed by atoms with van der Waals surface area (Å²) >= 11 is 0. The maximum absolute atomic E-state index is 11.1. The highest BCUT2D eigenvalue weighted by atomic mass is 16.1. The highest BCUT2D eigenvalue weighted by molar-refractivity contribution is 6.44. The SMILES string of the molecule is CC.Cc1ccnc(Nc2ccccc2C(=N)C(N)=O)c1. The highest BCUT2D eigenvalue weighted by Gasteiger charge is 2.12. The molecule has 1 aromatic heterocycles. The molecule has 1 heterocycles. The molecule has 1 aromatic carbocycles. The summed E-state index contributed by atoms with van der Waals surface area (Å²) in [5.41, 5.74) is 7.08. The van der Waals surface area contributed by atoms with Crippen LogP contribution in [0.5, 0.6) is 0 Å². The zero-order valence-electron chi connectivity index (χ0n) is 12.5. The van der Waals surface area contributed by atoms with Crippen LogP contribution in [0.4, 0.5) is 11.5 Å². The monoisotopic (exact) mass is 284 g/mol. The summed E-state index contributed by atoms with van der Waals surface area (Å²) in [5.74, 6) is -0.101. The van der Waals surface area contributed by atoms with Crippen LogP contribution in [0.3, 0.4) is 0 Å². The van der Waals surface area contributed by atoms with Crippen molar-refractivity contribution >= 4 is 23.1 Å². The van der Waals surface area contributed by atoms with Gasteiger partial charge < -0.3 is 11.1 Å². The number of nitrogens with two attached hydrogens (primary N) is 1. The Hall–Kier alpha value is -2.69. The summed E-state index contributed by atoms with van der Waals surface area (Å²) in [5, 5.41) is 10.8. The smallest absolute Gasteiger partial charge is 0.267 e. The van der Waals surface area contributed by atoms with E-state index in [4.69, 9.17) is 11.1 Å². The molecule has 0 aliphatic carbocycles. The van der Waals surface area contributed by atoms with Gasteiger partial charge in [-0.15, -0.1) is 0 Å². The van der Waals surface area contributed by atoms with E-state index in [0.29, 0.717) is 17.1 Å². The summed E-state index contributed by atoms with van der Waals surface area (Å²) < 4.78 is 0. The summed E-state index contributed by atoms with van der Waals surface area (Å²) in [4.78, 5) is 15.3. The number of rotatable bonds is 4. The number of nitrogens with one attached hydrogen (secondary N) is 2. The van der Waals surface area contributed by atoms with Crippen molar-refractivity contribution in [2.75, 3.05) is 5.32 Å². The molecule has 110 valence electrons. The Bertz CT molecular complexity index is 638. The molecule has 0 unspecified atom stereocenters. The lowest BCUT2D eigenvalue weighted by atomic mass is 10.1. The molecule has 0 spiro atoms. The van der Waals surface area contributed by atoms with Gasteiger partial charge in [0.15, 0.2) is 0 Å². The molecule has 4 N–H and O–H groups in total. The fourth-order valence-corrected chi connectivity index (χ4v) is 1.69. The van der Waals surface area contributed by atoms with Crippen molar-refractivity contribution in [3.63, 3.8) is 0 Å². The lowest BCUT2D eigenvalue weighted by molar-refractivity contribution is -0.112. The lowest BCUT2D eigenvalue weighted by Gasteiger charge is -2.11. The third-order valence-corrected chi connectivity index (χ3v) is 2.62. The van der Waals surface area contributed by atoms with Gasteiger partial charge in [-0.05, 0) is 30.7 Å². The minimum absolute atomic E-state index is 0.226. The van der Waals surface area contributed by atoms with Crippen molar-refractivity contribution in [1.29, 1.82) is 5.41 Å². The van der Waals surface area contributed by atoms with E-state index in [1.807, 2.05) is 39.0 Å². The zero-order valence-corrected chi connectivity index (χ0v) is 12.5. The van der Waals surface area contributed by atoms with Gasteiger partial charge in [-0.3, -0.25) is 10.2 Å².